The molecule has 0 fully saturated rings. The SMILES string of the molecule is C=CCOC(=O)N(CC)[C@H](C)C(=O)O. The lowest BCUT2D eigenvalue weighted by atomic mass is 10.3. The molecule has 5 nitrogen and oxygen atoms in total. The first-order valence-corrected chi connectivity index (χ1v) is 4.31. The van der Waals surface area contributed by atoms with Crippen molar-refractivity contribution < 1.29 is 19.4 Å². The van der Waals surface area contributed by atoms with E-state index >= 15 is 0 Å². The van der Waals surface area contributed by atoms with Crippen LogP contribution in [0.3, 0.4) is 0 Å². The van der Waals surface area contributed by atoms with Gasteiger partial charge in [-0.2, -0.15) is 0 Å². The number of ether oxygens (including phenoxy) is 1. The highest BCUT2D eigenvalue weighted by Crippen LogP contribution is 2.02. The van der Waals surface area contributed by atoms with E-state index in [1.807, 2.05) is 0 Å². The number of carbonyl (C=O) groups excluding carboxylic acids is 1. The van der Waals surface area contributed by atoms with Gasteiger partial charge in [0.2, 0.25) is 0 Å². The zero-order valence-electron chi connectivity index (χ0n) is 8.40. The van der Waals surface area contributed by atoms with E-state index < -0.39 is 18.1 Å². The summed E-state index contributed by atoms with van der Waals surface area (Å²) in [5.74, 6) is -1.05. The molecule has 0 unspecified atom stereocenters. The van der Waals surface area contributed by atoms with Crippen molar-refractivity contribution >= 4 is 12.1 Å². The van der Waals surface area contributed by atoms with Gasteiger partial charge in [0, 0.05) is 6.54 Å². The smallest absolute Gasteiger partial charge is 0.410 e. The van der Waals surface area contributed by atoms with Gasteiger partial charge in [-0.15, -0.1) is 0 Å². The number of aliphatic carboxylic acids is 1. The van der Waals surface area contributed by atoms with Gasteiger partial charge in [0.05, 0.1) is 0 Å². The predicted molar refractivity (Wildman–Crippen MR) is 51.0 cm³/mol. The molecule has 0 rings (SSSR count). The molecule has 0 radical (unpaired) electrons. The van der Waals surface area contributed by atoms with Crippen LogP contribution >= 0.6 is 0 Å². The van der Waals surface area contributed by atoms with Gasteiger partial charge >= 0.3 is 12.1 Å². The molecule has 1 N–H and O–H groups in total. The topological polar surface area (TPSA) is 66.8 Å². The van der Waals surface area contributed by atoms with Gasteiger partial charge in [0.25, 0.3) is 0 Å². The molecule has 0 aromatic rings. The number of carboxylic acid groups (broad SMARTS) is 1. The van der Waals surface area contributed by atoms with Crippen LogP contribution in [0.1, 0.15) is 13.8 Å². The Bertz CT molecular complexity index is 227. The van der Waals surface area contributed by atoms with E-state index in [4.69, 9.17) is 9.84 Å². The molecule has 0 aliphatic rings. The second-order valence-corrected chi connectivity index (χ2v) is 2.67. The largest absolute Gasteiger partial charge is 0.480 e. The van der Waals surface area contributed by atoms with Gasteiger partial charge in [-0.05, 0) is 13.8 Å². The van der Waals surface area contributed by atoms with Crippen LogP contribution in [0.5, 0.6) is 0 Å². The van der Waals surface area contributed by atoms with Crippen molar-refractivity contribution in [3.05, 3.63) is 12.7 Å². The zero-order chi connectivity index (χ0) is 11.1. The van der Waals surface area contributed by atoms with E-state index in [2.05, 4.69) is 6.58 Å². The van der Waals surface area contributed by atoms with Gasteiger partial charge in [-0.1, -0.05) is 12.7 Å². The molecule has 0 aliphatic carbocycles. The lowest BCUT2D eigenvalue weighted by Crippen LogP contribution is -2.43. The fourth-order valence-electron chi connectivity index (χ4n) is 0.908. The van der Waals surface area contributed by atoms with Crippen LogP contribution in [0.25, 0.3) is 0 Å². The third-order valence-electron chi connectivity index (χ3n) is 1.72. The summed E-state index contributed by atoms with van der Waals surface area (Å²) in [5, 5.41) is 8.69. The minimum absolute atomic E-state index is 0.0850. The highest BCUT2D eigenvalue weighted by molar-refractivity contribution is 5.79. The van der Waals surface area contributed by atoms with Crippen LogP contribution in [-0.4, -0.2) is 41.3 Å². The summed E-state index contributed by atoms with van der Waals surface area (Å²) in [4.78, 5) is 23.0. The number of rotatable bonds is 5. The molecule has 0 aromatic carbocycles. The van der Waals surface area contributed by atoms with E-state index in [9.17, 15) is 9.59 Å². The monoisotopic (exact) mass is 201 g/mol. The van der Waals surface area contributed by atoms with Crippen LogP contribution < -0.4 is 0 Å². The van der Waals surface area contributed by atoms with Crippen molar-refractivity contribution in [1.82, 2.24) is 4.90 Å². The second kappa shape index (κ2) is 6.01. The first-order chi connectivity index (χ1) is 6.54. The van der Waals surface area contributed by atoms with Crippen LogP contribution in [0.15, 0.2) is 12.7 Å². The molecule has 0 saturated heterocycles. The summed E-state index contributed by atoms with van der Waals surface area (Å²) >= 11 is 0. The lowest BCUT2D eigenvalue weighted by Gasteiger charge is -2.23. The third kappa shape index (κ3) is 3.47. The number of carbonyl (C=O) groups is 2. The maximum absolute atomic E-state index is 11.3. The molecule has 0 aromatic heterocycles. The Morgan fingerprint density at radius 3 is 2.57 bits per heavy atom. The number of hydrogen-bond donors (Lipinski definition) is 1. The van der Waals surface area contributed by atoms with E-state index in [0.29, 0.717) is 6.54 Å². The Kier molecular flexibility index (Phi) is 5.36. The number of hydrogen-bond acceptors (Lipinski definition) is 3. The van der Waals surface area contributed by atoms with Gasteiger partial charge in [0.15, 0.2) is 0 Å². The quantitative estimate of drug-likeness (QED) is 0.676. The fourth-order valence-corrected chi connectivity index (χ4v) is 0.908. The molecule has 14 heavy (non-hydrogen) atoms. The Labute approximate surface area is 83.0 Å². The van der Waals surface area contributed by atoms with E-state index in [0.717, 1.165) is 4.90 Å². The van der Waals surface area contributed by atoms with Crippen LogP contribution in [-0.2, 0) is 9.53 Å². The lowest BCUT2D eigenvalue weighted by molar-refractivity contribution is -0.142. The number of nitrogens with zero attached hydrogens (tertiary/aromatic N) is 1. The van der Waals surface area contributed by atoms with Crippen molar-refractivity contribution in [3.63, 3.8) is 0 Å². The number of carboxylic acids is 1. The second-order valence-electron chi connectivity index (χ2n) is 2.67. The van der Waals surface area contributed by atoms with Crippen molar-refractivity contribution in [3.8, 4) is 0 Å². The molecule has 0 bridgehead atoms. The standard InChI is InChI=1S/C9H15NO4/c1-4-6-14-9(13)10(5-2)7(3)8(11)12/h4,7H,1,5-6H2,2-3H3,(H,11,12)/t7-/m1/s1. The van der Waals surface area contributed by atoms with Crippen molar-refractivity contribution in [2.24, 2.45) is 0 Å². The van der Waals surface area contributed by atoms with E-state index in [1.54, 1.807) is 6.92 Å². The van der Waals surface area contributed by atoms with Gasteiger partial charge in [-0.3, -0.25) is 4.90 Å². The minimum Gasteiger partial charge on any atom is -0.480 e. The van der Waals surface area contributed by atoms with Gasteiger partial charge in [0.1, 0.15) is 12.6 Å². The highest BCUT2D eigenvalue weighted by Gasteiger charge is 2.24. The molecule has 1 atom stereocenters. The Balaban J connectivity index is 4.31. The summed E-state index contributed by atoms with van der Waals surface area (Å²) in [6.45, 7) is 6.89. The minimum atomic E-state index is -1.05. The fraction of sp³-hybridized carbons (Fsp3) is 0.556. The maximum atomic E-state index is 11.3. The Morgan fingerprint density at radius 1 is 1.64 bits per heavy atom. The van der Waals surface area contributed by atoms with Crippen LogP contribution in [0, 0.1) is 0 Å². The first kappa shape index (κ1) is 12.5. The van der Waals surface area contributed by atoms with Crippen molar-refractivity contribution in [1.29, 1.82) is 0 Å². The Morgan fingerprint density at radius 2 is 2.21 bits per heavy atom. The van der Waals surface area contributed by atoms with Gasteiger partial charge in [-0.25, -0.2) is 9.59 Å². The van der Waals surface area contributed by atoms with Crippen LogP contribution in [0.4, 0.5) is 4.79 Å². The molecule has 0 heterocycles. The summed E-state index contributed by atoms with van der Waals surface area (Å²) in [6.07, 6.45) is 0.791. The average Bonchev–Trinajstić information content (AvgIpc) is 2.15. The predicted octanol–water partition coefficient (Wildman–Crippen LogP) is 1.10. The highest BCUT2D eigenvalue weighted by atomic mass is 16.6. The molecule has 5 heteroatoms. The Hall–Kier alpha value is -1.52. The van der Waals surface area contributed by atoms with Crippen LogP contribution in [0.2, 0.25) is 0 Å². The third-order valence-corrected chi connectivity index (χ3v) is 1.72. The van der Waals surface area contributed by atoms with Crippen molar-refractivity contribution in [2.45, 2.75) is 19.9 Å². The molecule has 80 valence electrons. The number of likely N-dealkylation sites (N-methyl/N-ethyl adjacent to an activating group) is 1. The van der Waals surface area contributed by atoms with Gasteiger partial charge < -0.3 is 9.84 Å². The maximum Gasteiger partial charge on any atom is 0.410 e. The zero-order valence-corrected chi connectivity index (χ0v) is 8.40. The molecule has 0 aliphatic heterocycles. The average molecular weight is 201 g/mol. The molecule has 0 saturated carbocycles. The van der Waals surface area contributed by atoms with E-state index in [-0.39, 0.29) is 6.61 Å². The first-order valence-electron chi connectivity index (χ1n) is 4.31. The normalized spacial score (nSPS) is 11.6. The molecular formula is C9H15NO4. The molecular weight excluding hydrogens is 186 g/mol. The number of amides is 1. The summed E-state index contributed by atoms with van der Waals surface area (Å²) in [7, 11) is 0. The summed E-state index contributed by atoms with van der Waals surface area (Å²) in [6, 6.07) is -0.877. The molecule has 1 amide bonds. The van der Waals surface area contributed by atoms with Crippen molar-refractivity contribution in [2.75, 3.05) is 13.2 Å². The summed E-state index contributed by atoms with van der Waals surface area (Å²) in [5.41, 5.74) is 0. The molecule has 0 spiro atoms. The summed E-state index contributed by atoms with van der Waals surface area (Å²) < 4.78 is 4.72. The van der Waals surface area contributed by atoms with E-state index in [1.165, 1.54) is 13.0 Å².